The molecule has 1 heterocycles. The molecule has 1 N–H and O–H groups in total. The Balaban J connectivity index is 2.85. The van der Waals surface area contributed by atoms with Gasteiger partial charge in [-0.1, -0.05) is 0 Å². The van der Waals surface area contributed by atoms with Gasteiger partial charge in [-0.15, -0.1) is 0 Å². The number of aromatic nitrogens is 2. The molecule has 0 spiro atoms. The minimum Gasteiger partial charge on any atom is -0.346 e. The normalized spacial score (nSPS) is 10.0. The van der Waals surface area contributed by atoms with Crippen LogP contribution in [0.2, 0.25) is 0 Å². The van der Waals surface area contributed by atoms with Crippen LogP contribution in [0.1, 0.15) is 11.4 Å². The predicted molar refractivity (Wildman–Crippen MR) is 28.2 cm³/mol. The summed E-state index contributed by atoms with van der Waals surface area (Å²) in [5, 5.41) is 0. The van der Waals surface area contributed by atoms with Crippen molar-refractivity contribution >= 4 is 0 Å². The van der Waals surface area contributed by atoms with Gasteiger partial charge in [-0.3, -0.25) is 0 Å². The first-order chi connectivity index (χ1) is 4.38. The number of nitrogens with zero attached hydrogens (tertiary/aromatic N) is 1. The molecular formula is C5H6F2N2. The van der Waals surface area contributed by atoms with Crippen molar-refractivity contribution < 1.29 is 8.78 Å². The lowest BCUT2D eigenvalue weighted by molar-refractivity contribution is 0.445. The third kappa shape index (κ3) is 1.06. The highest BCUT2D eigenvalue weighted by molar-refractivity contribution is 5.08. The average Bonchev–Trinajstić information content (AvgIpc) is 2.33. The van der Waals surface area contributed by atoms with Gasteiger partial charge < -0.3 is 4.98 Å². The van der Waals surface area contributed by atoms with Gasteiger partial charge in [-0.05, 0) is 0 Å². The molecule has 50 valence electrons. The van der Waals surface area contributed by atoms with Gasteiger partial charge in [0.05, 0.1) is 17.7 Å². The summed E-state index contributed by atoms with van der Waals surface area (Å²) in [6.45, 7) is -1.39. The van der Waals surface area contributed by atoms with E-state index in [1.165, 1.54) is 6.33 Å². The van der Waals surface area contributed by atoms with Crippen molar-refractivity contribution in [2.45, 2.75) is 13.3 Å². The zero-order chi connectivity index (χ0) is 6.69. The fourth-order valence-corrected chi connectivity index (χ4v) is 0.580. The van der Waals surface area contributed by atoms with E-state index in [9.17, 15) is 8.78 Å². The number of imidazole rings is 1. The first kappa shape index (κ1) is 6.19. The van der Waals surface area contributed by atoms with Gasteiger partial charge in [-0.2, -0.15) is 0 Å². The number of nitrogens with one attached hydrogen (secondary N) is 1. The quantitative estimate of drug-likeness (QED) is 0.646. The Morgan fingerprint density at radius 3 is 2.67 bits per heavy atom. The molecule has 0 saturated heterocycles. The standard InChI is InChI=1S/C5H6F2N2/c6-1-4-5(2-7)9-3-8-4/h3H,1-2H2,(H,8,9). The molecule has 0 amide bonds. The van der Waals surface area contributed by atoms with Gasteiger partial charge in [0.25, 0.3) is 0 Å². The van der Waals surface area contributed by atoms with Crippen LogP contribution in [0.4, 0.5) is 8.78 Å². The van der Waals surface area contributed by atoms with Crippen molar-refractivity contribution in [1.82, 2.24) is 9.97 Å². The fourth-order valence-electron chi connectivity index (χ4n) is 0.580. The smallest absolute Gasteiger partial charge is 0.133 e. The number of H-pyrrole nitrogens is 1. The Bertz CT molecular complexity index is 166. The molecule has 0 aliphatic carbocycles. The van der Waals surface area contributed by atoms with E-state index in [0.29, 0.717) is 0 Å². The number of rotatable bonds is 2. The SMILES string of the molecule is FCc1nc[nH]c1CF. The average molecular weight is 132 g/mol. The van der Waals surface area contributed by atoms with Crippen LogP contribution in [0.15, 0.2) is 6.33 Å². The number of hydrogen-bond donors (Lipinski definition) is 1. The molecule has 2 nitrogen and oxygen atoms in total. The van der Waals surface area contributed by atoms with Crippen LogP contribution >= 0.6 is 0 Å². The molecule has 0 atom stereocenters. The Morgan fingerprint density at radius 1 is 1.44 bits per heavy atom. The van der Waals surface area contributed by atoms with Gasteiger partial charge >= 0.3 is 0 Å². The van der Waals surface area contributed by atoms with E-state index in [2.05, 4.69) is 9.97 Å². The number of aromatic amines is 1. The summed E-state index contributed by atoms with van der Waals surface area (Å²) >= 11 is 0. The van der Waals surface area contributed by atoms with Gasteiger partial charge in [0, 0.05) is 0 Å². The van der Waals surface area contributed by atoms with Crippen LogP contribution in [0.5, 0.6) is 0 Å². The van der Waals surface area contributed by atoms with Crippen molar-refractivity contribution in [3.8, 4) is 0 Å². The Morgan fingerprint density at radius 2 is 2.22 bits per heavy atom. The highest BCUT2D eigenvalue weighted by atomic mass is 19.1. The first-order valence-corrected chi connectivity index (χ1v) is 2.51. The third-order valence-corrected chi connectivity index (χ3v) is 1.07. The van der Waals surface area contributed by atoms with Crippen LogP contribution in [-0.2, 0) is 13.3 Å². The monoisotopic (exact) mass is 132 g/mol. The molecule has 0 bridgehead atoms. The highest BCUT2D eigenvalue weighted by Gasteiger charge is 2.02. The van der Waals surface area contributed by atoms with E-state index < -0.39 is 13.3 Å². The zero-order valence-corrected chi connectivity index (χ0v) is 4.69. The second kappa shape index (κ2) is 2.57. The fraction of sp³-hybridized carbons (Fsp3) is 0.400. The maximum Gasteiger partial charge on any atom is 0.133 e. The molecule has 0 aromatic carbocycles. The highest BCUT2D eigenvalue weighted by Crippen LogP contribution is 2.04. The van der Waals surface area contributed by atoms with Crippen LogP contribution in [0.3, 0.4) is 0 Å². The minimum absolute atomic E-state index is 0.164. The van der Waals surface area contributed by atoms with Crippen molar-refractivity contribution in [1.29, 1.82) is 0 Å². The maximum atomic E-state index is 11.8. The summed E-state index contributed by atoms with van der Waals surface area (Å²) in [6.07, 6.45) is 1.28. The van der Waals surface area contributed by atoms with E-state index >= 15 is 0 Å². The summed E-state index contributed by atoms with van der Waals surface area (Å²) in [6, 6.07) is 0. The molecule has 9 heavy (non-hydrogen) atoms. The molecule has 0 radical (unpaired) electrons. The van der Waals surface area contributed by atoms with Crippen LogP contribution in [0.25, 0.3) is 0 Å². The second-order valence-corrected chi connectivity index (χ2v) is 1.60. The minimum atomic E-state index is -0.706. The van der Waals surface area contributed by atoms with Crippen molar-refractivity contribution in [3.63, 3.8) is 0 Å². The molecule has 0 saturated carbocycles. The Labute approximate surface area is 50.9 Å². The van der Waals surface area contributed by atoms with Gasteiger partial charge in [0.15, 0.2) is 0 Å². The van der Waals surface area contributed by atoms with E-state index in [1.807, 2.05) is 0 Å². The summed E-state index contributed by atoms with van der Waals surface area (Å²) in [5.74, 6) is 0. The van der Waals surface area contributed by atoms with E-state index in [0.717, 1.165) is 0 Å². The third-order valence-electron chi connectivity index (χ3n) is 1.07. The van der Waals surface area contributed by atoms with Crippen molar-refractivity contribution in [2.75, 3.05) is 0 Å². The molecular weight excluding hydrogens is 126 g/mol. The number of hydrogen-bond acceptors (Lipinski definition) is 1. The summed E-state index contributed by atoms with van der Waals surface area (Å²) in [7, 11) is 0. The molecule has 0 unspecified atom stereocenters. The van der Waals surface area contributed by atoms with E-state index in [1.54, 1.807) is 0 Å². The van der Waals surface area contributed by atoms with Crippen molar-refractivity contribution in [2.24, 2.45) is 0 Å². The predicted octanol–water partition coefficient (Wildman–Crippen LogP) is 1.35. The van der Waals surface area contributed by atoms with Crippen LogP contribution in [0, 0.1) is 0 Å². The molecule has 1 aromatic rings. The summed E-state index contributed by atoms with van der Waals surface area (Å²) < 4.78 is 23.5. The van der Waals surface area contributed by atoms with Gasteiger partial charge in [0.1, 0.15) is 13.3 Å². The Hall–Kier alpha value is -0.930. The molecule has 0 fully saturated rings. The largest absolute Gasteiger partial charge is 0.346 e. The molecule has 1 rings (SSSR count). The van der Waals surface area contributed by atoms with E-state index in [-0.39, 0.29) is 11.4 Å². The number of alkyl halides is 2. The second-order valence-electron chi connectivity index (χ2n) is 1.60. The topological polar surface area (TPSA) is 28.7 Å². The number of halogens is 2. The van der Waals surface area contributed by atoms with Gasteiger partial charge in [0.2, 0.25) is 0 Å². The lowest BCUT2D eigenvalue weighted by Crippen LogP contribution is -1.85. The lowest BCUT2D eigenvalue weighted by atomic mass is 10.4. The molecule has 0 aliphatic rings. The lowest BCUT2D eigenvalue weighted by Gasteiger charge is -1.87. The zero-order valence-electron chi connectivity index (χ0n) is 4.69. The van der Waals surface area contributed by atoms with Crippen LogP contribution in [-0.4, -0.2) is 9.97 Å². The summed E-state index contributed by atoms with van der Waals surface area (Å²) in [4.78, 5) is 6.02. The van der Waals surface area contributed by atoms with E-state index in [4.69, 9.17) is 0 Å². The Kier molecular flexibility index (Phi) is 1.77. The van der Waals surface area contributed by atoms with Gasteiger partial charge in [-0.25, -0.2) is 13.8 Å². The molecule has 0 aliphatic heterocycles. The first-order valence-electron chi connectivity index (χ1n) is 2.51. The van der Waals surface area contributed by atoms with Crippen LogP contribution < -0.4 is 0 Å². The summed E-state index contributed by atoms with van der Waals surface area (Å²) in [5.41, 5.74) is 0.398. The van der Waals surface area contributed by atoms with Crippen molar-refractivity contribution in [3.05, 3.63) is 17.7 Å². The maximum absolute atomic E-state index is 11.8. The molecule has 4 heteroatoms. The molecule has 1 aromatic heterocycles.